The summed E-state index contributed by atoms with van der Waals surface area (Å²) in [4.78, 5) is 14.3. The number of amides is 1. The average Bonchev–Trinajstić information content (AvgIpc) is 3.21. The van der Waals surface area contributed by atoms with E-state index in [0.717, 1.165) is 11.3 Å². The van der Waals surface area contributed by atoms with Gasteiger partial charge in [0.15, 0.2) is 0 Å². The van der Waals surface area contributed by atoms with Gasteiger partial charge in [-0.15, -0.1) is 6.42 Å². The number of aromatic nitrogens is 2. The summed E-state index contributed by atoms with van der Waals surface area (Å²) < 4.78 is 28.1. The molecule has 1 amide bonds. The molecule has 0 bridgehead atoms. The van der Waals surface area contributed by atoms with E-state index in [2.05, 4.69) is 15.7 Å². The van der Waals surface area contributed by atoms with Gasteiger partial charge >= 0.3 is 0 Å². The van der Waals surface area contributed by atoms with Crippen molar-refractivity contribution in [1.82, 2.24) is 19.4 Å². The molecule has 1 aromatic heterocycles. The van der Waals surface area contributed by atoms with Gasteiger partial charge in [-0.1, -0.05) is 24.1 Å². The maximum atomic E-state index is 12.7. The summed E-state index contributed by atoms with van der Waals surface area (Å²) in [6, 6.07) is 15.4. The second-order valence-electron chi connectivity index (χ2n) is 6.34. The Hall–Kier alpha value is -3.41. The molecule has 0 atom stereocenters. The van der Waals surface area contributed by atoms with Gasteiger partial charge in [-0.3, -0.25) is 4.79 Å². The molecule has 0 aliphatic carbocycles. The van der Waals surface area contributed by atoms with Crippen LogP contribution in [0, 0.1) is 12.3 Å². The first-order valence-electron chi connectivity index (χ1n) is 8.78. The van der Waals surface area contributed by atoms with Crippen LogP contribution in [0.25, 0.3) is 5.69 Å². The molecule has 0 saturated heterocycles. The number of terminal acetylenes is 1. The van der Waals surface area contributed by atoms with E-state index in [1.165, 1.54) is 24.3 Å². The zero-order valence-corrected chi connectivity index (χ0v) is 16.6. The van der Waals surface area contributed by atoms with Crippen LogP contribution >= 0.6 is 0 Å². The van der Waals surface area contributed by atoms with Crippen LogP contribution in [0.1, 0.15) is 15.9 Å². The van der Waals surface area contributed by atoms with E-state index in [4.69, 9.17) is 6.42 Å². The molecule has 0 aliphatic heterocycles. The molecule has 0 unspecified atom stereocenters. The Bertz CT molecular complexity index is 1130. The number of nitrogens with zero attached hydrogens (tertiary/aromatic N) is 3. The van der Waals surface area contributed by atoms with Crippen LogP contribution < -0.4 is 4.72 Å². The summed E-state index contributed by atoms with van der Waals surface area (Å²) in [5.74, 6) is 1.99. The first-order chi connectivity index (χ1) is 13.9. The predicted molar refractivity (Wildman–Crippen MR) is 110 cm³/mol. The molecule has 1 heterocycles. The molecule has 0 spiro atoms. The van der Waals surface area contributed by atoms with Gasteiger partial charge in [0.25, 0.3) is 5.91 Å². The van der Waals surface area contributed by atoms with E-state index in [-0.39, 0.29) is 17.3 Å². The van der Waals surface area contributed by atoms with Crippen LogP contribution in [0.15, 0.2) is 71.9 Å². The van der Waals surface area contributed by atoms with Crippen molar-refractivity contribution in [3.8, 4) is 18.0 Å². The Morgan fingerprint density at radius 3 is 2.52 bits per heavy atom. The number of rotatable bonds is 7. The van der Waals surface area contributed by atoms with Gasteiger partial charge in [0.1, 0.15) is 0 Å². The second-order valence-corrected chi connectivity index (χ2v) is 8.11. The van der Waals surface area contributed by atoms with Gasteiger partial charge in [0.2, 0.25) is 10.0 Å². The highest BCUT2D eigenvalue weighted by Crippen LogP contribution is 2.14. The monoisotopic (exact) mass is 408 g/mol. The lowest BCUT2D eigenvalue weighted by atomic mass is 10.2. The van der Waals surface area contributed by atoms with Crippen molar-refractivity contribution in [1.29, 1.82) is 0 Å². The molecule has 148 valence electrons. The number of para-hydroxylation sites is 1. The van der Waals surface area contributed by atoms with Gasteiger partial charge in [0, 0.05) is 30.9 Å². The third-order valence-corrected chi connectivity index (χ3v) is 5.62. The minimum Gasteiger partial charge on any atom is -0.337 e. The molecule has 0 saturated carbocycles. The average molecular weight is 408 g/mol. The Morgan fingerprint density at radius 2 is 1.86 bits per heavy atom. The number of carbonyl (C=O) groups excluding carboxylic acids is 1. The molecule has 0 aliphatic rings. The summed E-state index contributed by atoms with van der Waals surface area (Å²) in [7, 11) is -2.00. The van der Waals surface area contributed by atoms with Crippen molar-refractivity contribution in [3.63, 3.8) is 0 Å². The number of benzene rings is 2. The van der Waals surface area contributed by atoms with Gasteiger partial charge in [-0.25, -0.2) is 13.1 Å². The van der Waals surface area contributed by atoms with Crippen LogP contribution in [0.3, 0.4) is 0 Å². The Morgan fingerprint density at radius 1 is 1.17 bits per heavy atom. The number of nitrogens with one attached hydrogen (secondary N) is 1. The molecule has 8 heteroatoms. The van der Waals surface area contributed by atoms with Gasteiger partial charge in [-0.05, 0) is 36.4 Å². The molecular weight excluding hydrogens is 388 g/mol. The highest BCUT2D eigenvalue weighted by atomic mass is 32.2. The maximum Gasteiger partial charge on any atom is 0.253 e. The van der Waals surface area contributed by atoms with Crippen molar-refractivity contribution in [2.75, 3.05) is 13.6 Å². The molecule has 1 N–H and O–H groups in total. The lowest BCUT2D eigenvalue weighted by Crippen LogP contribution is -2.26. The first kappa shape index (κ1) is 20.3. The van der Waals surface area contributed by atoms with E-state index >= 15 is 0 Å². The Kier molecular flexibility index (Phi) is 6.12. The highest BCUT2D eigenvalue weighted by molar-refractivity contribution is 7.89. The largest absolute Gasteiger partial charge is 0.337 e. The molecule has 3 aromatic rings. The van der Waals surface area contributed by atoms with Crippen LogP contribution in [-0.4, -0.2) is 42.6 Å². The standard InChI is InChI=1S/C21H20N4O3S/c1-3-13-23-29(27,28)20-11-9-18(10-12-20)21(26)24(2)15-17-14-22-25(16-17)19-7-5-4-6-8-19/h1,4-12,14,16,23H,13,15H2,2H3. The van der Waals surface area contributed by atoms with Crippen LogP contribution in [-0.2, 0) is 16.6 Å². The fourth-order valence-corrected chi connectivity index (χ4v) is 3.66. The van der Waals surface area contributed by atoms with E-state index < -0.39 is 10.0 Å². The summed E-state index contributed by atoms with van der Waals surface area (Å²) in [5, 5.41) is 4.33. The van der Waals surface area contributed by atoms with Crippen LogP contribution in [0.4, 0.5) is 0 Å². The molecule has 3 rings (SSSR count). The van der Waals surface area contributed by atoms with Crippen molar-refractivity contribution >= 4 is 15.9 Å². The number of sulfonamides is 1. The van der Waals surface area contributed by atoms with E-state index in [0.29, 0.717) is 12.1 Å². The predicted octanol–water partition coefficient (Wildman–Crippen LogP) is 2.06. The maximum absolute atomic E-state index is 12.7. The minimum absolute atomic E-state index is 0.0519. The van der Waals surface area contributed by atoms with Crippen LogP contribution in [0.5, 0.6) is 0 Å². The van der Waals surface area contributed by atoms with E-state index in [1.54, 1.807) is 22.8 Å². The topological polar surface area (TPSA) is 84.3 Å². The molecule has 29 heavy (non-hydrogen) atoms. The summed E-state index contributed by atoms with van der Waals surface area (Å²) in [5.41, 5.74) is 2.20. The van der Waals surface area contributed by atoms with Crippen molar-refractivity contribution in [3.05, 3.63) is 78.1 Å². The van der Waals surface area contributed by atoms with E-state index in [1.807, 2.05) is 36.5 Å². The number of hydrogen-bond acceptors (Lipinski definition) is 4. The fraction of sp³-hybridized carbons (Fsp3) is 0.143. The lowest BCUT2D eigenvalue weighted by molar-refractivity contribution is 0.0785. The zero-order chi connectivity index (χ0) is 20.9. The summed E-state index contributed by atoms with van der Waals surface area (Å²) in [6.07, 6.45) is 8.65. The third kappa shape index (κ3) is 4.90. The lowest BCUT2D eigenvalue weighted by Gasteiger charge is -2.16. The molecular formula is C21H20N4O3S. The van der Waals surface area contributed by atoms with Gasteiger partial charge in [0.05, 0.1) is 23.3 Å². The molecule has 0 fully saturated rings. The fourth-order valence-electron chi connectivity index (χ4n) is 2.73. The summed E-state index contributed by atoms with van der Waals surface area (Å²) >= 11 is 0. The highest BCUT2D eigenvalue weighted by Gasteiger charge is 2.16. The zero-order valence-electron chi connectivity index (χ0n) is 15.8. The Labute approximate surface area is 170 Å². The molecule has 0 radical (unpaired) electrons. The van der Waals surface area contributed by atoms with Crippen molar-refractivity contribution < 1.29 is 13.2 Å². The third-order valence-electron chi connectivity index (χ3n) is 4.20. The SMILES string of the molecule is C#CCNS(=O)(=O)c1ccc(C(=O)N(C)Cc2cnn(-c3ccccc3)c2)cc1. The molecule has 7 nitrogen and oxygen atoms in total. The second kappa shape index (κ2) is 8.73. The van der Waals surface area contributed by atoms with Crippen molar-refractivity contribution in [2.24, 2.45) is 0 Å². The number of carbonyl (C=O) groups is 1. The first-order valence-corrected chi connectivity index (χ1v) is 10.3. The Balaban J connectivity index is 1.68. The molecule has 2 aromatic carbocycles. The van der Waals surface area contributed by atoms with Gasteiger partial charge in [-0.2, -0.15) is 9.82 Å². The van der Waals surface area contributed by atoms with Crippen molar-refractivity contribution in [2.45, 2.75) is 11.4 Å². The smallest absolute Gasteiger partial charge is 0.253 e. The quantitative estimate of drug-likeness (QED) is 0.607. The van der Waals surface area contributed by atoms with Crippen LogP contribution in [0.2, 0.25) is 0 Å². The van der Waals surface area contributed by atoms with Gasteiger partial charge < -0.3 is 4.90 Å². The van der Waals surface area contributed by atoms with E-state index in [9.17, 15) is 13.2 Å². The normalized spacial score (nSPS) is 11.0. The minimum atomic E-state index is -3.69. The summed E-state index contributed by atoms with van der Waals surface area (Å²) in [6.45, 7) is 0.276. The number of hydrogen-bond donors (Lipinski definition) is 1.